The van der Waals surface area contributed by atoms with Crippen molar-refractivity contribution in [3.63, 3.8) is 0 Å². The molecular formula is C22H21N5O2. The van der Waals surface area contributed by atoms with Crippen molar-refractivity contribution >= 4 is 23.2 Å². The molecule has 0 saturated heterocycles. The van der Waals surface area contributed by atoms with Crippen LogP contribution in [-0.4, -0.2) is 22.0 Å². The average Bonchev–Trinajstić information content (AvgIpc) is 2.69. The summed E-state index contributed by atoms with van der Waals surface area (Å²) in [5.41, 5.74) is 2.69. The van der Waals surface area contributed by atoms with E-state index in [4.69, 9.17) is 10.00 Å². The predicted molar refractivity (Wildman–Crippen MR) is 111 cm³/mol. The number of hydrogen-bond acceptors (Lipinski definition) is 6. The first-order valence-corrected chi connectivity index (χ1v) is 9.14. The van der Waals surface area contributed by atoms with Gasteiger partial charge in [0, 0.05) is 11.4 Å². The Morgan fingerprint density at radius 2 is 1.83 bits per heavy atom. The molecule has 0 bridgehead atoms. The molecule has 2 aromatic carbocycles. The van der Waals surface area contributed by atoms with Crippen molar-refractivity contribution in [2.75, 3.05) is 10.6 Å². The summed E-state index contributed by atoms with van der Waals surface area (Å²) in [4.78, 5) is 21.3. The van der Waals surface area contributed by atoms with E-state index >= 15 is 0 Å². The number of hydrogen-bond donors (Lipinski definition) is 2. The Balaban J connectivity index is 1.81. The van der Waals surface area contributed by atoms with E-state index in [0.717, 1.165) is 0 Å². The van der Waals surface area contributed by atoms with E-state index in [-0.39, 0.29) is 17.7 Å². The Kier molecular flexibility index (Phi) is 6.05. The highest BCUT2D eigenvalue weighted by molar-refractivity contribution is 6.03. The van der Waals surface area contributed by atoms with Gasteiger partial charge in [0.1, 0.15) is 11.4 Å². The highest BCUT2D eigenvalue weighted by Crippen LogP contribution is 2.27. The van der Waals surface area contributed by atoms with Crippen molar-refractivity contribution in [3.8, 4) is 11.8 Å². The van der Waals surface area contributed by atoms with Gasteiger partial charge in [-0.05, 0) is 63.2 Å². The second-order valence-corrected chi connectivity index (χ2v) is 6.65. The predicted octanol–water partition coefficient (Wildman–Crippen LogP) is 4.44. The Bertz CT molecular complexity index is 1060. The largest absolute Gasteiger partial charge is 0.489 e. The number of anilines is 3. The highest BCUT2D eigenvalue weighted by Gasteiger charge is 2.13. The van der Waals surface area contributed by atoms with Gasteiger partial charge in [-0.2, -0.15) is 5.26 Å². The summed E-state index contributed by atoms with van der Waals surface area (Å²) in [6, 6.07) is 17.8. The summed E-state index contributed by atoms with van der Waals surface area (Å²) in [5, 5.41) is 14.8. The maximum Gasteiger partial charge on any atom is 0.274 e. The van der Waals surface area contributed by atoms with Crippen molar-refractivity contribution in [2.45, 2.75) is 26.9 Å². The topological polar surface area (TPSA) is 99.9 Å². The van der Waals surface area contributed by atoms with E-state index in [1.165, 1.54) is 0 Å². The number of nitriles is 1. The highest BCUT2D eigenvalue weighted by atomic mass is 16.5. The van der Waals surface area contributed by atoms with E-state index in [2.05, 4.69) is 20.6 Å². The number of ether oxygens (including phenoxy) is 1. The molecule has 0 aliphatic carbocycles. The van der Waals surface area contributed by atoms with Gasteiger partial charge in [0.25, 0.3) is 5.91 Å². The quantitative estimate of drug-likeness (QED) is 0.649. The monoisotopic (exact) mass is 387 g/mol. The van der Waals surface area contributed by atoms with Crippen LogP contribution in [-0.2, 0) is 0 Å². The third-order valence-corrected chi connectivity index (χ3v) is 3.85. The normalized spacial score (nSPS) is 10.3. The molecule has 1 amide bonds. The zero-order valence-electron chi connectivity index (χ0n) is 16.4. The standard InChI is InChI=1S/C22H21N5O2/c1-14(2)29-20-7-5-4-6-18(20)26-22-24-15(3)12-19(27-22)21(28)25-17-10-8-16(13-23)9-11-17/h4-12,14H,1-3H3,(H,25,28)(H,24,26,27). The Morgan fingerprint density at radius 3 is 2.52 bits per heavy atom. The number of nitrogens with one attached hydrogen (secondary N) is 2. The van der Waals surface area contributed by atoms with Crippen LogP contribution in [0.2, 0.25) is 0 Å². The second-order valence-electron chi connectivity index (χ2n) is 6.65. The van der Waals surface area contributed by atoms with Crippen molar-refractivity contribution in [2.24, 2.45) is 0 Å². The SMILES string of the molecule is Cc1cc(C(=O)Nc2ccc(C#N)cc2)nc(Nc2ccccc2OC(C)C)n1. The second kappa shape index (κ2) is 8.85. The summed E-state index contributed by atoms with van der Waals surface area (Å²) < 4.78 is 5.80. The molecule has 0 atom stereocenters. The van der Waals surface area contributed by atoms with Crippen LogP contribution in [0.1, 0.15) is 35.6 Å². The maximum atomic E-state index is 12.6. The minimum Gasteiger partial charge on any atom is -0.489 e. The van der Waals surface area contributed by atoms with Gasteiger partial charge < -0.3 is 15.4 Å². The molecule has 1 aromatic heterocycles. The van der Waals surface area contributed by atoms with E-state index in [1.54, 1.807) is 37.3 Å². The molecular weight excluding hydrogens is 366 g/mol. The van der Waals surface area contributed by atoms with Crippen LogP contribution in [0.15, 0.2) is 54.6 Å². The molecule has 0 aliphatic heterocycles. The number of rotatable bonds is 6. The third-order valence-electron chi connectivity index (χ3n) is 3.85. The van der Waals surface area contributed by atoms with Gasteiger partial charge >= 0.3 is 0 Å². The van der Waals surface area contributed by atoms with Gasteiger partial charge in [0.05, 0.1) is 23.4 Å². The molecule has 2 N–H and O–H groups in total. The van der Waals surface area contributed by atoms with Crippen LogP contribution in [0, 0.1) is 18.3 Å². The average molecular weight is 387 g/mol. The Labute approximate surface area is 169 Å². The van der Waals surface area contributed by atoms with E-state index in [0.29, 0.717) is 34.3 Å². The van der Waals surface area contributed by atoms with Crippen LogP contribution < -0.4 is 15.4 Å². The summed E-state index contributed by atoms with van der Waals surface area (Å²) in [6.07, 6.45) is 0.0186. The molecule has 146 valence electrons. The molecule has 0 unspecified atom stereocenters. The minimum absolute atomic E-state index is 0.0186. The molecule has 0 saturated carbocycles. The van der Waals surface area contributed by atoms with Crippen molar-refractivity contribution in [1.29, 1.82) is 5.26 Å². The molecule has 1 heterocycles. The first-order chi connectivity index (χ1) is 13.9. The fraction of sp³-hybridized carbons (Fsp3) is 0.182. The number of nitrogens with zero attached hydrogens (tertiary/aromatic N) is 3. The molecule has 0 radical (unpaired) electrons. The number of carbonyl (C=O) groups excluding carboxylic acids is 1. The Hall–Kier alpha value is -3.92. The number of para-hydroxylation sites is 2. The smallest absolute Gasteiger partial charge is 0.274 e. The number of carbonyl (C=O) groups is 1. The minimum atomic E-state index is -0.366. The summed E-state index contributed by atoms with van der Waals surface area (Å²) >= 11 is 0. The zero-order valence-corrected chi connectivity index (χ0v) is 16.4. The van der Waals surface area contributed by atoms with Crippen LogP contribution in [0.25, 0.3) is 0 Å². The zero-order chi connectivity index (χ0) is 20.8. The van der Waals surface area contributed by atoms with Crippen LogP contribution in [0.4, 0.5) is 17.3 Å². The molecule has 7 heteroatoms. The van der Waals surface area contributed by atoms with Gasteiger partial charge in [0.15, 0.2) is 0 Å². The van der Waals surface area contributed by atoms with E-state index < -0.39 is 0 Å². The fourth-order valence-corrected chi connectivity index (χ4v) is 2.61. The summed E-state index contributed by atoms with van der Waals surface area (Å²) in [7, 11) is 0. The molecule has 7 nitrogen and oxygen atoms in total. The number of aromatic nitrogens is 2. The van der Waals surface area contributed by atoms with E-state index in [1.807, 2.05) is 44.2 Å². The van der Waals surface area contributed by atoms with Gasteiger partial charge in [-0.1, -0.05) is 12.1 Å². The van der Waals surface area contributed by atoms with Crippen LogP contribution >= 0.6 is 0 Å². The van der Waals surface area contributed by atoms with Crippen molar-refractivity contribution in [1.82, 2.24) is 9.97 Å². The number of aryl methyl sites for hydroxylation is 1. The molecule has 29 heavy (non-hydrogen) atoms. The first kappa shape index (κ1) is 19.8. The van der Waals surface area contributed by atoms with Crippen molar-refractivity contribution in [3.05, 3.63) is 71.5 Å². The van der Waals surface area contributed by atoms with Crippen LogP contribution in [0.3, 0.4) is 0 Å². The van der Waals surface area contributed by atoms with Gasteiger partial charge in [0.2, 0.25) is 5.95 Å². The van der Waals surface area contributed by atoms with E-state index in [9.17, 15) is 4.79 Å². The lowest BCUT2D eigenvalue weighted by molar-refractivity contribution is 0.102. The van der Waals surface area contributed by atoms with Crippen LogP contribution in [0.5, 0.6) is 5.75 Å². The summed E-state index contributed by atoms with van der Waals surface area (Å²) in [5.74, 6) is 0.612. The third kappa shape index (κ3) is 5.30. The van der Waals surface area contributed by atoms with Gasteiger partial charge in [-0.15, -0.1) is 0 Å². The van der Waals surface area contributed by atoms with Gasteiger partial charge in [-0.25, -0.2) is 9.97 Å². The molecule has 0 fully saturated rings. The molecule has 3 aromatic rings. The lowest BCUT2D eigenvalue weighted by Gasteiger charge is -2.15. The molecule has 0 aliphatic rings. The lowest BCUT2D eigenvalue weighted by Crippen LogP contribution is -2.15. The molecule has 3 rings (SSSR count). The van der Waals surface area contributed by atoms with Crippen molar-refractivity contribution < 1.29 is 9.53 Å². The molecule has 0 spiro atoms. The van der Waals surface area contributed by atoms with Gasteiger partial charge in [-0.3, -0.25) is 4.79 Å². The number of benzene rings is 2. The Morgan fingerprint density at radius 1 is 1.10 bits per heavy atom. The first-order valence-electron chi connectivity index (χ1n) is 9.14. The number of amides is 1. The fourth-order valence-electron chi connectivity index (χ4n) is 2.61. The maximum absolute atomic E-state index is 12.6. The summed E-state index contributed by atoms with van der Waals surface area (Å²) in [6.45, 7) is 5.69. The lowest BCUT2D eigenvalue weighted by atomic mass is 10.2.